The van der Waals surface area contributed by atoms with Crippen LogP contribution in [0.5, 0.6) is 0 Å². The fourth-order valence-corrected chi connectivity index (χ4v) is 3.14. The van der Waals surface area contributed by atoms with Crippen molar-refractivity contribution in [3.63, 3.8) is 0 Å². The summed E-state index contributed by atoms with van der Waals surface area (Å²) in [6.07, 6.45) is 3.49. The lowest BCUT2D eigenvalue weighted by atomic mass is 9.76. The average Bonchev–Trinajstić information content (AvgIpc) is 2.65. The van der Waals surface area contributed by atoms with Crippen LogP contribution in [0, 0.1) is 17.0 Å². The van der Waals surface area contributed by atoms with Crippen molar-refractivity contribution in [2.24, 2.45) is 5.41 Å². The van der Waals surface area contributed by atoms with Crippen molar-refractivity contribution in [2.75, 3.05) is 13.1 Å². The molecular weight excluding hydrogens is 208 g/mol. The fourth-order valence-electron chi connectivity index (χ4n) is 3.14. The van der Waals surface area contributed by atoms with E-state index in [1.54, 1.807) is 0 Å². The van der Waals surface area contributed by atoms with E-state index in [4.69, 9.17) is 0 Å². The van der Waals surface area contributed by atoms with Crippen LogP contribution in [0.25, 0.3) is 0 Å². The normalized spacial score (nSPS) is 22.4. The van der Waals surface area contributed by atoms with Gasteiger partial charge in [0.2, 0.25) is 0 Å². The van der Waals surface area contributed by atoms with Crippen molar-refractivity contribution in [1.29, 1.82) is 0 Å². The number of benzene rings is 1. The predicted octanol–water partition coefficient (Wildman–Crippen LogP) is 2.43. The molecule has 1 aromatic rings. The molecule has 0 amide bonds. The van der Waals surface area contributed by atoms with Gasteiger partial charge < -0.3 is 5.32 Å². The Bertz CT molecular complexity index is 389. The molecule has 0 bridgehead atoms. The molecule has 0 radical (unpaired) electrons. The van der Waals surface area contributed by atoms with Crippen LogP contribution >= 0.6 is 0 Å². The zero-order valence-electron chi connectivity index (χ0n) is 9.15. The van der Waals surface area contributed by atoms with Crippen LogP contribution in [0.3, 0.4) is 0 Å². The first-order valence-electron chi connectivity index (χ1n) is 5.87. The maximum absolute atomic E-state index is 13.6. The molecule has 1 nitrogen and oxygen atoms in total. The first-order valence-corrected chi connectivity index (χ1v) is 5.87. The molecule has 1 saturated heterocycles. The summed E-state index contributed by atoms with van der Waals surface area (Å²) in [5.74, 6) is -0.460. The largest absolute Gasteiger partial charge is 0.317 e. The molecule has 86 valence electrons. The van der Waals surface area contributed by atoms with Gasteiger partial charge in [-0.2, -0.15) is 0 Å². The van der Waals surface area contributed by atoms with E-state index in [2.05, 4.69) is 5.32 Å². The number of rotatable bonds is 0. The SMILES string of the molecule is Fc1ccc(F)c2c1CC1(CCNCC1)C2. The lowest BCUT2D eigenvalue weighted by Crippen LogP contribution is -2.37. The zero-order valence-corrected chi connectivity index (χ0v) is 9.15. The van der Waals surface area contributed by atoms with Crippen molar-refractivity contribution in [3.05, 3.63) is 34.9 Å². The van der Waals surface area contributed by atoms with Crippen LogP contribution in [0.1, 0.15) is 24.0 Å². The Kier molecular flexibility index (Phi) is 2.25. The van der Waals surface area contributed by atoms with E-state index in [0.717, 1.165) is 25.9 Å². The van der Waals surface area contributed by atoms with Crippen LogP contribution in [0.15, 0.2) is 12.1 Å². The van der Waals surface area contributed by atoms with Gasteiger partial charge >= 0.3 is 0 Å². The summed E-state index contributed by atoms with van der Waals surface area (Å²) in [7, 11) is 0. The number of hydrogen-bond acceptors (Lipinski definition) is 1. The predicted molar refractivity (Wildman–Crippen MR) is 58.3 cm³/mol. The molecule has 0 aromatic heterocycles. The summed E-state index contributed by atoms with van der Waals surface area (Å²) in [6, 6.07) is 2.52. The van der Waals surface area contributed by atoms with E-state index in [1.165, 1.54) is 12.1 Å². The Labute approximate surface area is 93.9 Å². The third-order valence-corrected chi connectivity index (χ3v) is 4.08. The quantitative estimate of drug-likeness (QED) is 0.712. The molecule has 2 aliphatic rings. The monoisotopic (exact) mass is 223 g/mol. The number of piperidine rings is 1. The van der Waals surface area contributed by atoms with Crippen molar-refractivity contribution in [3.8, 4) is 0 Å². The first kappa shape index (κ1) is 10.2. The third-order valence-electron chi connectivity index (χ3n) is 4.08. The van der Waals surface area contributed by atoms with Gasteiger partial charge in [-0.15, -0.1) is 0 Å². The van der Waals surface area contributed by atoms with Gasteiger partial charge in [0, 0.05) is 0 Å². The Morgan fingerprint density at radius 1 is 0.938 bits per heavy atom. The van der Waals surface area contributed by atoms with Gasteiger partial charge in [-0.3, -0.25) is 0 Å². The Hall–Kier alpha value is -0.960. The molecule has 1 aromatic carbocycles. The molecule has 1 heterocycles. The molecule has 0 atom stereocenters. The van der Waals surface area contributed by atoms with Crippen LogP contribution in [0.4, 0.5) is 8.78 Å². The minimum Gasteiger partial charge on any atom is -0.317 e. The molecular formula is C13H15F2N. The van der Waals surface area contributed by atoms with E-state index in [9.17, 15) is 8.78 Å². The Morgan fingerprint density at radius 3 is 1.94 bits per heavy atom. The van der Waals surface area contributed by atoms with Gasteiger partial charge in [0.1, 0.15) is 11.6 Å². The second-order valence-electron chi connectivity index (χ2n) is 5.09. The van der Waals surface area contributed by atoms with Crippen LogP contribution in [-0.2, 0) is 12.8 Å². The van der Waals surface area contributed by atoms with E-state index in [-0.39, 0.29) is 17.0 Å². The summed E-state index contributed by atoms with van der Waals surface area (Å²) < 4.78 is 27.3. The van der Waals surface area contributed by atoms with E-state index < -0.39 is 0 Å². The highest BCUT2D eigenvalue weighted by atomic mass is 19.1. The molecule has 3 rings (SSSR count). The van der Waals surface area contributed by atoms with Gasteiger partial charge in [-0.1, -0.05) is 0 Å². The molecule has 0 unspecified atom stereocenters. The topological polar surface area (TPSA) is 12.0 Å². The van der Waals surface area contributed by atoms with Gasteiger partial charge in [-0.05, 0) is 67.4 Å². The zero-order chi connectivity index (χ0) is 11.2. The summed E-state index contributed by atoms with van der Waals surface area (Å²) in [4.78, 5) is 0. The lowest BCUT2D eigenvalue weighted by molar-refractivity contribution is 0.214. The van der Waals surface area contributed by atoms with Crippen LogP contribution < -0.4 is 5.32 Å². The summed E-state index contributed by atoms with van der Waals surface area (Å²) in [5, 5.41) is 3.30. The van der Waals surface area contributed by atoms with E-state index >= 15 is 0 Å². The summed E-state index contributed by atoms with van der Waals surface area (Å²) in [6.45, 7) is 1.94. The van der Waals surface area contributed by atoms with Gasteiger partial charge in [0.05, 0.1) is 0 Å². The molecule has 1 fully saturated rings. The number of halogens is 2. The second kappa shape index (κ2) is 3.52. The van der Waals surface area contributed by atoms with Crippen molar-refractivity contribution < 1.29 is 8.78 Å². The van der Waals surface area contributed by atoms with Gasteiger partial charge in [-0.25, -0.2) is 8.78 Å². The molecule has 1 aliphatic heterocycles. The minimum absolute atomic E-state index is 0.122. The maximum atomic E-state index is 13.6. The highest BCUT2D eigenvalue weighted by Crippen LogP contribution is 2.44. The third kappa shape index (κ3) is 1.46. The highest BCUT2D eigenvalue weighted by Gasteiger charge is 2.40. The second-order valence-corrected chi connectivity index (χ2v) is 5.09. The Balaban J connectivity index is 1.99. The molecule has 3 heteroatoms. The number of fused-ring (bicyclic) bond motifs is 1. The van der Waals surface area contributed by atoms with Crippen LogP contribution in [0.2, 0.25) is 0 Å². The molecule has 1 spiro atoms. The number of hydrogen-bond donors (Lipinski definition) is 1. The lowest BCUT2D eigenvalue weighted by Gasteiger charge is -2.33. The molecule has 1 aliphatic carbocycles. The van der Waals surface area contributed by atoms with Gasteiger partial charge in [0.15, 0.2) is 0 Å². The Morgan fingerprint density at radius 2 is 1.44 bits per heavy atom. The van der Waals surface area contributed by atoms with E-state index in [0.29, 0.717) is 24.0 Å². The van der Waals surface area contributed by atoms with E-state index in [1.807, 2.05) is 0 Å². The van der Waals surface area contributed by atoms with Crippen molar-refractivity contribution in [2.45, 2.75) is 25.7 Å². The highest BCUT2D eigenvalue weighted by molar-refractivity contribution is 5.37. The van der Waals surface area contributed by atoms with Gasteiger partial charge in [0.25, 0.3) is 0 Å². The minimum atomic E-state index is -0.230. The summed E-state index contributed by atoms with van der Waals surface area (Å²) >= 11 is 0. The van der Waals surface area contributed by atoms with Crippen LogP contribution in [-0.4, -0.2) is 13.1 Å². The smallest absolute Gasteiger partial charge is 0.126 e. The van der Waals surface area contributed by atoms with Crippen molar-refractivity contribution >= 4 is 0 Å². The molecule has 0 saturated carbocycles. The molecule has 1 N–H and O–H groups in total. The fraction of sp³-hybridized carbons (Fsp3) is 0.538. The summed E-state index contributed by atoms with van der Waals surface area (Å²) in [5.41, 5.74) is 1.38. The maximum Gasteiger partial charge on any atom is 0.126 e. The number of nitrogens with one attached hydrogen (secondary N) is 1. The first-order chi connectivity index (χ1) is 7.70. The standard InChI is InChI=1S/C13H15F2N/c14-11-1-2-12(15)10-8-13(7-9(10)11)3-5-16-6-4-13/h1-2,16H,3-8H2. The van der Waals surface area contributed by atoms with Crippen molar-refractivity contribution in [1.82, 2.24) is 5.32 Å². The molecule has 16 heavy (non-hydrogen) atoms. The average molecular weight is 223 g/mol.